The molecule has 0 aliphatic carbocycles. The first kappa shape index (κ1) is 15.2. The fourth-order valence-electron chi connectivity index (χ4n) is 0.897. The summed E-state index contributed by atoms with van der Waals surface area (Å²) in [5.74, 6) is -0.833. The number of nitrogens with one attached hydrogen (secondary N) is 1. The molecule has 1 aromatic carbocycles. The first-order chi connectivity index (χ1) is 7.63. The number of halogens is 3. The first-order valence-electron chi connectivity index (χ1n) is 4.90. The molecule has 5 heteroatoms. The van der Waals surface area contributed by atoms with Crippen LogP contribution in [0.1, 0.15) is 19.4 Å². The molecule has 0 heterocycles. The Morgan fingerprint density at radius 2 is 2.06 bits per heavy atom. The lowest BCUT2D eigenvalue weighted by molar-refractivity contribution is -0.118. The van der Waals surface area contributed by atoms with Gasteiger partial charge in [-0.05, 0) is 17.7 Å². The average molecular weight is 266 g/mol. The summed E-state index contributed by atoms with van der Waals surface area (Å²) in [6.07, 6.45) is 0. The van der Waals surface area contributed by atoms with Gasteiger partial charge >= 0.3 is 0 Å². The number of carbonyl (C=O) groups is 1. The Bertz CT molecular complexity index is 345. The Morgan fingerprint density at radius 1 is 1.44 bits per heavy atom. The maximum absolute atomic E-state index is 12.7. The van der Waals surface area contributed by atoms with E-state index in [2.05, 4.69) is 5.32 Å². The van der Waals surface area contributed by atoms with E-state index in [0.29, 0.717) is 6.54 Å². The number of benzene rings is 1. The second kappa shape index (κ2) is 8.36. The van der Waals surface area contributed by atoms with E-state index >= 15 is 0 Å². The summed E-state index contributed by atoms with van der Waals surface area (Å²) in [7, 11) is 0. The van der Waals surface area contributed by atoms with Gasteiger partial charge in [-0.1, -0.05) is 31.5 Å². The molecular formula is C11H14Cl2FNO. The molecule has 0 aliphatic rings. The van der Waals surface area contributed by atoms with Crippen molar-refractivity contribution in [2.45, 2.75) is 20.4 Å². The third-order valence-corrected chi connectivity index (χ3v) is 2.13. The topological polar surface area (TPSA) is 29.1 Å². The number of carbonyl (C=O) groups excluding carboxylic acids is 1. The molecule has 1 N–H and O–H groups in total. The predicted octanol–water partition coefficient (Wildman–Crippen LogP) is 3.36. The minimum Gasteiger partial charge on any atom is -0.351 e. The largest absolute Gasteiger partial charge is 0.351 e. The second-order valence-electron chi connectivity index (χ2n) is 2.66. The predicted molar refractivity (Wildman–Crippen MR) is 65.3 cm³/mol. The van der Waals surface area contributed by atoms with Crippen LogP contribution >= 0.6 is 23.2 Å². The van der Waals surface area contributed by atoms with Crippen LogP contribution < -0.4 is 5.32 Å². The molecule has 90 valence electrons. The van der Waals surface area contributed by atoms with E-state index in [1.165, 1.54) is 12.1 Å². The molecule has 0 unspecified atom stereocenters. The number of alkyl halides is 1. The molecule has 0 radical (unpaired) electrons. The fourth-order valence-corrected chi connectivity index (χ4v) is 1.20. The van der Waals surface area contributed by atoms with Gasteiger partial charge < -0.3 is 5.32 Å². The molecule has 2 nitrogen and oxygen atoms in total. The summed E-state index contributed by atoms with van der Waals surface area (Å²) in [5.41, 5.74) is 0.731. The van der Waals surface area contributed by atoms with Crippen LogP contribution in [0.3, 0.4) is 0 Å². The van der Waals surface area contributed by atoms with E-state index in [0.717, 1.165) is 5.56 Å². The van der Waals surface area contributed by atoms with E-state index in [-0.39, 0.29) is 16.8 Å². The molecule has 16 heavy (non-hydrogen) atoms. The van der Waals surface area contributed by atoms with Crippen LogP contribution in [0.4, 0.5) is 4.39 Å². The molecule has 0 aromatic heterocycles. The monoisotopic (exact) mass is 265 g/mol. The van der Waals surface area contributed by atoms with Crippen LogP contribution in [-0.2, 0) is 11.3 Å². The number of hydrogen-bond donors (Lipinski definition) is 1. The van der Waals surface area contributed by atoms with Crippen molar-refractivity contribution < 1.29 is 9.18 Å². The summed E-state index contributed by atoms with van der Waals surface area (Å²) >= 11 is 10.8. The van der Waals surface area contributed by atoms with Gasteiger partial charge in [0.15, 0.2) is 0 Å². The first-order valence-corrected chi connectivity index (χ1v) is 5.81. The minimum absolute atomic E-state index is 0.0441. The van der Waals surface area contributed by atoms with Gasteiger partial charge in [-0.2, -0.15) is 0 Å². The maximum Gasteiger partial charge on any atom is 0.235 e. The lowest BCUT2D eigenvalue weighted by Gasteiger charge is -2.03. The van der Waals surface area contributed by atoms with Crippen molar-refractivity contribution in [2.75, 3.05) is 5.88 Å². The molecular weight excluding hydrogens is 252 g/mol. The van der Waals surface area contributed by atoms with Crippen LogP contribution in [0.2, 0.25) is 5.02 Å². The van der Waals surface area contributed by atoms with Crippen LogP contribution in [0.15, 0.2) is 18.2 Å². The summed E-state index contributed by atoms with van der Waals surface area (Å²) in [5, 5.41) is 2.59. The normalized spacial score (nSPS) is 9.06. The van der Waals surface area contributed by atoms with Crippen molar-refractivity contribution >= 4 is 29.1 Å². The summed E-state index contributed by atoms with van der Waals surface area (Å²) in [6.45, 7) is 4.30. The van der Waals surface area contributed by atoms with Gasteiger partial charge in [0.25, 0.3) is 0 Å². The van der Waals surface area contributed by atoms with Crippen molar-refractivity contribution in [1.29, 1.82) is 0 Å². The molecule has 0 saturated carbocycles. The van der Waals surface area contributed by atoms with Crippen LogP contribution in [0.25, 0.3) is 0 Å². The van der Waals surface area contributed by atoms with Gasteiger partial charge in [-0.25, -0.2) is 4.39 Å². The molecule has 1 rings (SSSR count). The van der Waals surface area contributed by atoms with Gasteiger partial charge in [-0.3, -0.25) is 4.79 Å². The Labute approximate surface area is 105 Å². The highest BCUT2D eigenvalue weighted by atomic mass is 35.5. The lowest BCUT2D eigenvalue weighted by Crippen LogP contribution is -2.23. The van der Waals surface area contributed by atoms with Gasteiger partial charge in [0.2, 0.25) is 5.91 Å². The quantitative estimate of drug-likeness (QED) is 0.835. The third-order valence-electron chi connectivity index (χ3n) is 1.60. The minimum atomic E-state index is -0.473. The Morgan fingerprint density at radius 3 is 2.56 bits per heavy atom. The highest BCUT2D eigenvalue weighted by Gasteiger charge is 2.02. The number of amides is 1. The summed E-state index contributed by atoms with van der Waals surface area (Å²) < 4.78 is 12.7. The maximum atomic E-state index is 12.7. The summed E-state index contributed by atoms with van der Waals surface area (Å²) in [6, 6.07) is 4.27. The second-order valence-corrected chi connectivity index (χ2v) is 3.33. The fraction of sp³-hybridized carbons (Fsp3) is 0.364. The SMILES string of the molecule is CC.O=C(CCl)NCc1ccc(F)c(Cl)c1. The standard InChI is InChI=1S/C9H8Cl2FNO.C2H6/c10-4-9(14)13-5-6-1-2-8(12)7(11)3-6;1-2/h1-3H,4-5H2,(H,13,14);1-2H3. The zero-order valence-electron chi connectivity index (χ0n) is 9.19. The molecule has 0 spiro atoms. The van der Waals surface area contributed by atoms with Crippen molar-refractivity contribution in [2.24, 2.45) is 0 Å². The highest BCUT2D eigenvalue weighted by molar-refractivity contribution is 6.30. The van der Waals surface area contributed by atoms with Crippen LogP contribution in [0.5, 0.6) is 0 Å². The number of hydrogen-bond acceptors (Lipinski definition) is 1. The van der Waals surface area contributed by atoms with Crippen molar-refractivity contribution in [1.82, 2.24) is 5.32 Å². The van der Waals surface area contributed by atoms with E-state index < -0.39 is 5.82 Å². The van der Waals surface area contributed by atoms with Crippen molar-refractivity contribution in [3.05, 3.63) is 34.6 Å². The average Bonchev–Trinajstić information content (AvgIpc) is 2.33. The molecule has 0 bridgehead atoms. The van der Waals surface area contributed by atoms with E-state index in [4.69, 9.17) is 23.2 Å². The number of rotatable bonds is 3. The summed E-state index contributed by atoms with van der Waals surface area (Å²) in [4.78, 5) is 10.8. The van der Waals surface area contributed by atoms with E-state index in [9.17, 15) is 9.18 Å². The molecule has 1 amide bonds. The molecule has 1 aromatic rings. The molecule has 0 saturated heterocycles. The molecule has 0 aliphatic heterocycles. The molecule has 0 fully saturated rings. The third kappa shape index (κ3) is 5.33. The molecule has 0 atom stereocenters. The van der Waals surface area contributed by atoms with Gasteiger partial charge in [0, 0.05) is 6.54 Å². The van der Waals surface area contributed by atoms with E-state index in [1.807, 2.05) is 13.8 Å². The van der Waals surface area contributed by atoms with Crippen molar-refractivity contribution in [3.8, 4) is 0 Å². The van der Waals surface area contributed by atoms with Crippen LogP contribution in [-0.4, -0.2) is 11.8 Å². The van der Waals surface area contributed by atoms with Crippen LogP contribution in [0, 0.1) is 5.82 Å². The zero-order valence-corrected chi connectivity index (χ0v) is 10.7. The van der Waals surface area contributed by atoms with Crippen molar-refractivity contribution in [3.63, 3.8) is 0 Å². The Hall–Kier alpha value is -0.800. The van der Waals surface area contributed by atoms with E-state index in [1.54, 1.807) is 6.07 Å². The zero-order chi connectivity index (χ0) is 12.6. The smallest absolute Gasteiger partial charge is 0.235 e. The highest BCUT2D eigenvalue weighted by Crippen LogP contribution is 2.15. The van der Waals surface area contributed by atoms with Gasteiger partial charge in [0.05, 0.1) is 5.02 Å². The Balaban J connectivity index is 0.00000106. The van der Waals surface area contributed by atoms with Gasteiger partial charge in [0.1, 0.15) is 11.7 Å². The Kier molecular flexibility index (Phi) is 7.95. The van der Waals surface area contributed by atoms with Gasteiger partial charge in [-0.15, -0.1) is 11.6 Å². The lowest BCUT2D eigenvalue weighted by atomic mass is 10.2.